The lowest BCUT2D eigenvalue weighted by Crippen LogP contribution is -2.19. The number of fused-ring (bicyclic) bond motifs is 1. The van der Waals surface area contributed by atoms with E-state index < -0.39 is 6.67 Å². The molecule has 8 heteroatoms. The summed E-state index contributed by atoms with van der Waals surface area (Å²) in [4.78, 5) is 10.8. The third-order valence-corrected chi connectivity index (χ3v) is 4.61. The standard InChI is InChI=1S/C20H23ClFN5O/c1-23-18-9-15-17(10-19(18)28-7-6-27(2)3)24-12-25-20(15)26-14-5-4-13(11-22)16(21)8-14/h4-5,8-10,12,23H,6-7,11H2,1-3H3,(H,24,25,26). The molecular formula is C20H23ClFN5O. The molecule has 0 atom stereocenters. The van der Waals surface area contributed by atoms with Gasteiger partial charge in [0.05, 0.1) is 11.2 Å². The molecule has 2 aromatic carbocycles. The molecule has 0 radical (unpaired) electrons. The highest BCUT2D eigenvalue weighted by Gasteiger charge is 2.11. The van der Waals surface area contributed by atoms with Crippen molar-refractivity contribution in [2.45, 2.75) is 6.67 Å². The van der Waals surface area contributed by atoms with E-state index in [4.69, 9.17) is 16.3 Å². The number of anilines is 3. The predicted molar refractivity (Wildman–Crippen MR) is 113 cm³/mol. The van der Waals surface area contributed by atoms with Gasteiger partial charge in [0.1, 0.15) is 31.2 Å². The summed E-state index contributed by atoms with van der Waals surface area (Å²) in [6, 6.07) is 8.95. The van der Waals surface area contributed by atoms with E-state index in [1.165, 1.54) is 6.33 Å². The Morgan fingerprint density at radius 3 is 2.68 bits per heavy atom. The van der Waals surface area contributed by atoms with Crippen LogP contribution in [0.2, 0.25) is 5.02 Å². The summed E-state index contributed by atoms with van der Waals surface area (Å²) in [6.45, 7) is 0.786. The van der Waals surface area contributed by atoms with Gasteiger partial charge >= 0.3 is 0 Å². The molecule has 2 N–H and O–H groups in total. The van der Waals surface area contributed by atoms with Gasteiger partial charge < -0.3 is 20.3 Å². The van der Waals surface area contributed by atoms with Crippen LogP contribution in [0.3, 0.4) is 0 Å². The second-order valence-corrected chi connectivity index (χ2v) is 6.96. The van der Waals surface area contributed by atoms with Gasteiger partial charge in [-0.05, 0) is 32.3 Å². The van der Waals surface area contributed by atoms with Gasteiger partial charge in [-0.3, -0.25) is 0 Å². The fraction of sp³-hybridized carbons (Fsp3) is 0.300. The first-order valence-corrected chi connectivity index (χ1v) is 9.25. The lowest BCUT2D eigenvalue weighted by Gasteiger charge is -2.16. The zero-order chi connectivity index (χ0) is 20.1. The second kappa shape index (κ2) is 9.03. The van der Waals surface area contributed by atoms with E-state index in [9.17, 15) is 4.39 Å². The van der Waals surface area contributed by atoms with Crippen LogP contribution in [-0.2, 0) is 6.67 Å². The summed E-state index contributed by atoms with van der Waals surface area (Å²) in [7, 11) is 5.84. The van der Waals surface area contributed by atoms with Gasteiger partial charge in [0, 0.05) is 41.3 Å². The number of ether oxygens (including phenoxy) is 1. The van der Waals surface area contributed by atoms with Crippen LogP contribution < -0.4 is 15.4 Å². The van der Waals surface area contributed by atoms with Crippen LogP contribution in [0.4, 0.5) is 21.6 Å². The molecule has 0 fully saturated rings. The molecule has 0 unspecified atom stereocenters. The molecule has 148 valence electrons. The quantitative estimate of drug-likeness (QED) is 0.578. The molecule has 0 aliphatic heterocycles. The number of hydrogen-bond acceptors (Lipinski definition) is 6. The maximum absolute atomic E-state index is 12.9. The van der Waals surface area contributed by atoms with Crippen molar-refractivity contribution < 1.29 is 9.13 Å². The van der Waals surface area contributed by atoms with Crippen molar-refractivity contribution in [1.82, 2.24) is 14.9 Å². The van der Waals surface area contributed by atoms with Crippen LogP contribution in [0.1, 0.15) is 5.56 Å². The summed E-state index contributed by atoms with van der Waals surface area (Å²) in [6.07, 6.45) is 1.49. The van der Waals surface area contributed by atoms with E-state index in [2.05, 4.69) is 25.5 Å². The molecule has 0 saturated heterocycles. The molecule has 6 nitrogen and oxygen atoms in total. The Morgan fingerprint density at radius 2 is 2.00 bits per heavy atom. The number of aromatic nitrogens is 2. The number of benzene rings is 2. The highest BCUT2D eigenvalue weighted by Crippen LogP contribution is 2.33. The summed E-state index contributed by atoms with van der Waals surface area (Å²) in [5, 5.41) is 7.60. The normalized spacial score (nSPS) is 11.1. The smallest absolute Gasteiger partial charge is 0.144 e. The summed E-state index contributed by atoms with van der Waals surface area (Å²) in [5.74, 6) is 1.36. The fourth-order valence-electron chi connectivity index (χ4n) is 2.71. The third-order valence-electron chi connectivity index (χ3n) is 4.26. The Labute approximate surface area is 168 Å². The molecule has 0 bridgehead atoms. The van der Waals surface area contributed by atoms with Crippen LogP contribution in [0.25, 0.3) is 10.9 Å². The van der Waals surface area contributed by atoms with E-state index in [1.54, 1.807) is 18.2 Å². The molecule has 1 heterocycles. The summed E-state index contributed by atoms with van der Waals surface area (Å²) in [5.41, 5.74) is 2.77. The van der Waals surface area contributed by atoms with Crippen LogP contribution in [-0.4, -0.2) is 49.2 Å². The predicted octanol–water partition coefficient (Wildman–Crippen LogP) is 4.48. The SMILES string of the molecule is CNc1cc2c(Nc3ccc(CF)c(Cl)c3)ncnc2cc1OCCN(C)C. The number of hydrogen-bond donors (Lipinski definition) is 2. The van der Waals surface area contributed by atoms with Gasteiger partial charge in [0.2, 0.25) is 0 Å². The van der Waals surface area contributed by atoms with Gasteiger partial charge in [-0.1, -0.05) is 17.7 Å². The minimum atomic E-state index is -0.600. The topological polar surface area (TPSA) is 62.3 Å². The molecule has 0 amide bonds. The molecule has 0 saturated carbocycles. The van der Waals surface area contributed by atoms with Crippen molar-refractivity contribution in [1.29, 1.82) is 0 Å². The largest absolute Gasteiger partial charge is 0.490 e. The van der Waals surface area contributed by atoms with Crippen molar-refractivity contribution in [3.05, 3.63) is 47.2 Å². The average molecular weight is 404 g/mol. The first-order chi connectivity index (χ1) is 13.5. The van der Waals surface area contributed by atoms with E-state index in [0.29, 0.717) is 23.0 Å². The fourth-order valence-corrected chi connectivity index (χ4v) is 2.94. The minimum absolute atomic E-state index is 0.373. The van der Waals surface area contributed by atoms with Crippen LogP contribution in [0.15, 0.2) is 36.7 Å². The maximum atomic E-state index is 12.9. The number of halogens is 2. The van der Waals surface area contributed by atoms with Crippen LogP contribution >= 0.6 is 11.6 Å². The monoisotopic (exact) mass is 403 g/mol. The van der Waals surface area contributed by atoms with Crippen molar-refractivity contribution in [3.8, 4) is 5.75 Å². The Hall–Kier alpha value is -2.64. The number of likely N-dealkylation sites (N-methyl/N-ethyl adjacent to an activating group) is 1. The Kier molecular flexibility index (Phi) is 6.49. The van der Waals surface area contributed by atoms with Gasteiger partial charge in [-0.25, -0.2) is 14.4 Å². The minimum Gasteiger partial charge on any atom is -0.490 e. The molecule has 0 aliphatic carbocycles. The van der Waals surface area contributed by atoms with E-state index in [-0.39, 0.29) is 0 Å². The Balaban J connectivity index is 1.92. The summed E-state index contributed by atoms with van der Waals surface area (Å²) < 4.78 is 18.8. The Bertz CT molecular complexity index is 967. The molecular weight excluding hydrogens is 381 g/mol. The number of nitrogens with one attached hydrogen (secondary N) is 2. The zero-order valence-electron chi connectivity index (χ0n) is 16.1. The molecule has 3 aromatic rings. The summed E-state index contributed by atoms with van der Waals surface area (Å²) >= 11 is 6.11. The first kappa shape index (κ1) is 20.1. The van der Waals surface area contributed by atoms with Gasteiger partial charge in [0.15, 0.2) is 0 Å². The second-order valence-electron chi connectivity index (χ2n) is 6.55. The number of nitrogens with zero attached hydrogens (tertiary/aromatic N) is 3. The molecule has 28 heavy (non-hydrogen) atoms. The zero-order valence-corrected chi connectivity index (χ0v) is 16.8. The van der Waals surface area contributed by atoms with E-state index in [0.717, 1.165) is 34.6 Å². The Morgan fingerprint density at radius 1 is 1.18 bits per heavy atom. The molecule has 0 aliphatic rings. The highest BCUT2D eigenvalue weighted by atomic mass is 35.5. The maximum Gasteiger partial charge on any atom is 0.144 e. The third kappa shape index (κ3) is 4.61. The van der Waals surface area contributed by atoms with Gasteiger partial charge in [-0.15, -0.1) is 0 Å². The van der Waals surface area contributed by atoms with Crippen molar-refractivity contribution in [3.63, 3.8) is 0 Å². The lowest BCUT2D eigenvalue weighted by atomic mass is 10.1. The van der Waals surface area contributed by atoms with Crippen molar-refractivity contribution in [2.24, 2.45) is 0 Å². The van der Waals surface area contributed by atoms with E-state index in [1.807, 2.05) is 33.3 Å². The van der Waals surface area contributed by atoms with Gasteiger partial charge in [0.25, 0.3) is 0 Å². The number of rotatable bonds is 8. The van der Waals surface area contributed by atoms with Crippen molar-refractivity contribution >= 4 is 39.7 Å². The molecule has 1 aromatic heterocycles. The van der Waals surface area contributed by atoms with Crippen molar-refractivity contribution in [2.75, 3.05) is 44.9 Å². The number of alkyl halides is 1. The van der Waals surface area contributed by atoms with E-state index >= 15 is 0 Å². The van der Waals surface area contributed by atoms with Crippen LogP contribution in [0.5, 0.6) is 5.75 Å². The first-order valence-electron chi connectivity index (χ1n) is 8.87. The van der Waals surface area contributed by atoms with Gasteiger partial charge in [-0.2, -0.15) is 0 Å². The molecule has 3 rings (SSSR count). The molecule has 0 spiro atoms. The highest BCUT2D eigenvalue weighted by molar-refractivity contribution is 6.31. The average Bonchev–Trinajstić information content (AvgIpc) is 2.67. The van der Waals surface area contributed by atoms with Crippen LogP contribution in [0, 0.1) is 0 Å². The lowest BCUT2D eigenvalue weighted by molar-refractivity contribution is 0.262.